The molecule has 5 heteroatoms. The molecule has 2 rings (SSSR count). The van der Waals surface area contributed by atoms with Crippen LogP contribution >= 0.6 is 11.6 Å². The second-order valence-corrected chi connectivity index (χ2v) is 4.70. The summed E-state index contributed by atoms with van der Waals surface area (Å²) in [6, 6.07) is 7.71. The molecule has 0 spiro atoms. The Bertz CT molecular complexity index is 613. The third-order valence-corrected chi connectivity index (χ3v) is 2.96. The van der Waals surface area contributed by atoms with Gasteiger partial charge in [-0.2, -0.15) is 10.4 Å². The van der Waals surface area contributed by atoms with Gasteiger partial charge in [0.2, 0.25) is 0 Å². The van der Waals surface area contributed by atoms with Gasteiger partial charge in [-0.15, -0.1) is 11.6 Å². The first-order valence-electron chi connectivity index (χ1n) is 5.95. The second-order valence-electron chi connectivity index (χ2n) is 4.43. The molecule has 1 heterocycles. The lowest BCUT2D eigenvalue weighted by Crippen LogP contribution is -1.99. The molecule has 19 heavy (non-hydrogen) atoms. The Hall–Kier alpha value is -1.99. The summed E-state index contributed by atoms with van der Waals surface area (Å²) in [6.45, 7) is 4.07. The van der Waals surface area contributed by atoms with Gasteiger partial charge in [0, 0.05) is 11.9 Å². The zero-order chi connectivity index (χ0) is 13.8. The van der Waals surface area contributed by atoms with E-state index in [4.69, 9.17) is 21.6 Å². The van der Waals surface area contributed by atoms with Crippen LogP contribution in [-0.2, 0) is 5.88 Å². The second kappa shape index (κ2) is 5.77. The Labute approximate surface area is 117 Å². The van der Waals surface area contributed by atoms with Gasteiger partial charge in [0.25, 0.3) is 0 Å². The van der Waals surface area contributed by atoms with Crippen LogP contribution in [0.1, 0.15) is 31.0 Å². The Balaban J connectivity index is 2.25. The summed E-state index contributed by atoms with van der Waals surface area (Å²) < 4.78 is 7.48. The Morgan fingerprint density at radius 2 is 2.26 bits per heavy atom. The molecule has 0 unspecified atom stereocenters. The third kappa shape index (κ3) is 3.07. The minimum absolute atomic E-state index is 0.270. The molecule has 2 aromatic rings. The quantitative estimate of drug-likeness (QED) is 0.796. The van der Waals surface area contributed by atoms with E-state index in [1.54, 1.807) is 29.2 Å². The highest BCUT2D eigenvalue weighted by atomic mass is 35.5. The summed E-state index contributed by atoms with van der Waals surface area (Å²) >= 11 is 5.74. The molecular formula is C14H14ClN3O. The van der Waals surface area contributed by atoms with Crippen molar-refractivity contribution in [3.63, 3.8) is 0 Å². The summed E-state index contributed by atoms with van der Waals surface area (Å²) in [4.78, 5) is 0. The molecule has 0 radical (unpaired) electrons. The summed E-state index contributed by atoms with van der Waals surface area (Å²) in [5, 5.41) is 13.3. The lowest BCUT2D eigenvalue weighted by Gasteiger charge is -2.06. The number of hydrogen-bond acceptors (Lipinski definition) is 3. The van der Waals surface area contributed by atoms with Crippen LogP contribution in [0.5, 0.6) is 11.5 Å². The number of alkyl halides is 1. The van der Waals surface area contributed by atoms with Crippen LogP contribution in [0.4, 0.5) is 0 Å². The monoisotopic (exact) mass is 275 g/mol. The van der Waals surface area contributed by atoms with Crippen molar-refractivity contribution in [1.82, 2.24) is 9.78 Å². The van der Waals surface area contributed by atoms with Gasteiger partial charge in [-0.25, -0.2) is 0 Å². The molecular weight excluding hydrogens is 262 g/mol. The number of halogens is 1. The Kier molecular flexibility index (Phi) is 4.08. The van der Waals surface area contributed by atoms with Gasteiger partial charge in [-0.1, -0.05) is 6.07 Å². The number of hydrogen-bond donors (Lipinski definition) is 0. The minimum atomic E-state index is 0.270. The molecule has 4 nitrogen and oxygen atoms in total. The lowest BCUT2D eigenvalue weighted by atomic mass is 10.1. The molecule has 0 saturated carbocycles. The topological polar surface area (TPSA) is 50.8 Å². The smallest absolute Gasteiger partial charge is 0.165 e. The zero-order valence-corrected chi connectivity index (χ0v) is 11.6. The molecule has 1 aromatic heterocycles. The van der Waals surface area contributed by atoms with E-state index in [2.05, 4.69) is 11.2 Å². The number of aromatic nitrogens is 2. The van der Waals surface area contributed by atoms with Crippen LogP contribution < -0.4 is 4.74 Å². The van der Waals surface area contributed by atoms with Gasteiger partial charge >= 0.3 is 0 Å². The van der Waals surface area contributed by atoms with Gasteiger partial charge in [0.05, 0.1) is 18.0 Å². The van der Waals surface area contributed by atoms with E-state index in [1.807, 2.05) is 19.9 Å². The van der Waals surface area contributed by atoms with Crippen molar-refractivity contribution in [3.05, 3.63) is 41.7 Å². The minimum Gasteiger partial charge on any atom is -0.453 e. The number of ether oxygens (including phenoxy) is 1. The van der Waals surface area contributed by atoms with Gasteiger partial charge in [-0.3, -0.25) is 4.68 Å². The van der Waals surface area contributed by atoms with E-state index in [0.29, 0.717) is 22.9 Å². The van der Waals surface area contributed by atoms with Crippen LogP contribution in [0.2, 0.25) is 0 Å². The number of rotatable bonds is 4. The molecule has 0 bridgehead atoms. The first kappa shape index (κ1) is 13.4. The Morgan fingerprint density at radius 1 is 1.47 bits per heavy atom. The SMILES string of the molecule is CC(C)n1cc(Oc2ccc(CCl)cc2C#N)cn1. The molecule has 98 valence electrons. The van der Waals surface area contributed by atoms with E-state index in [9.17, 15) is 0 Å². The van der Waals surface area contributed by atoms with Gasteiger partial charge in [0.1, 0.15) is 11.8 Å². The van der Waals surface area contributed by atoms with Gasteiger partial charge < -0.3 is 4.74 Å². The average molecular weight is 276 g/mol. The molecule has 0 N–H and O–H groups in total. The van der Waals surface area contributed by atoms with Crippen molar-refractivity contribution in [1.29, 1.82) is 5.26 Å². The van der Waals surface area contributed by atoms with Crippen LogP contribution in [0.25, 0.3) is 0 Å². The molecule has 0 fully saturated rings. The molecule has 0 aliphatic rings. The molecule has 0 aliphatic carbocycles. The van der Waals surface area contributed by atoms with Crippen LogP contribution in [0, 0.1) is 11.3 Å². The number of nitrogens with zero attached hydrogens (tertiary/aromatic N) is 3. The molecule has 0 saturated heterocycles. The lowest BCUT2D eigenvalue weighted by molar-refractivity contribution is 0.475. The predicted molar refractivity (Wildman–Crippen MR) is 73.4 cm³/mol. The van der Waals surface area contributed by atoms with Crippen LogP contribution in [0.3, 0.4) is 0 Å². The largest absolute Gasteiger partial charge is 0.453 e. The first-order chi connectivity index (χ1) is 9.13. The van der Waals surface area contributed by atoms with Gasteiger partial charge in [0.15, 0.2) is 5.75 Å². The highest BCUT2D eigenvalue weighted by Crippen LogP contribution is 2.26. The summed E-state index contributed by atoms with van der Waals surface area (Å²) in [7, 11) is 0. The first-order valence-corrected chi connectivity index (χ1v) is 6.48. The maximum atomic E-state index is 9.12. The zero-order valence-electron chi connectivity index (χ0n) is 10.8. The molecule has 1 aromatic carbocycles. The van der Waals surface area contributed by atoms with Gasteiger partial charge in [-0.05, 0) is 31.5 Å². The fraction of sp³-hybridized carbons (Fsp3) is 0.286. The van der Waals surface area contributed by atoms with E-state index in [0.717, 1.165) is 5.56 Å². The fourth-order valence-corrected chi connectivity index (χ4v) is 1.79. The van der Waals surface area contributed by atoms with Crippen LogP contribution in [0.15, 0.2) is 30.6 Å². The fourth-order valence-electron chi connectivity index (χ4n) is 1.62. The van der Waals surface area contributed by atoms with E-state index in [-0.39, 0.29) is 6.04 Å². The maximum absolute atomic E-state index is 9.12. The predicted octanol–water partition coefficient (Wildman–Crippen LogP) is 3.87. The Morgan fingerprint density at radius 3 is 2.84 bits per heavy atom. The van der Waals surface area contributed by atoms with E-state index >= 15 is 0 Å². The standard InChI is InChI=1S/C14H14ClN3O/c1-10(2)18-9-13(8-17-18)19-14-4-3-11(6-15)5-12(14)7-16/h3-5,8-10H,6H2,1-2H3. The van der Waals surface area contributed by atoms with Crippen molar-refractivity contribution >= 4 is 11.6 Å². The summed E-state index contributed by atoms with van der Waals surface area (Å²) in [6.07, 6.45) is 3.44. The normalized spacial score (nSPS) is 10.5. The van der Waals surface area contributed by atoms with Crippen molar-refractivity contribution in [2.75, 3.05) is 0 Å². The maximum Gasteiger partial charge on any atom is 0.165 e. The average Bonchev–Trinajstić information content (AvgIpc) is 2.88. The van der Waals surface area contributed by atoms with Crippen molar-refractivity contribution < 1.29 is 4.74 Å². The highest BCUT2D eigenvalue weighted by Gasteiger charge is 2.08. The highest BCUT2D eigenvalue weighted by molar-refractivity contribution is 6.17. The van der Waals surface area contributed by atoms with Crippen molar-refractivity contribution in [3.8, 4) is 17.6 Å². The summed E-state index contributed by atoms with van der Waals surface area (Å²) in [5.74, 6) is 1.50. The van der Waals surface area contributed by atoms with Crippen molar-refractivity contribution in [2.24, 2.45) is 0 Å². The third-order valence-electron chi connectivity index (χ3n) is 2.65. The number of benzene rings is 1. The molecule has 0 amide bonds. The van der Waals surface area contributed by atoms with Crippen molar-refractivity contribution in [2.45, 2.75) is 25.8 Å². The van der Waals surface area contributed by atoms with Crippen LogP contribution in [-0.4, -0.2) is 9.78 Å². The molecule has 0 atom stereocenters. The van der Waals surface area contributed by atoms with E-state index < -0.39 is 0 Å². The summed E-state index contributed by atoms with van der Waals surface area (Å²) in [5.41, 5.74) is 1.36. The van der Waals surface area contributed by atoms with E-state index in [1.165, 1.54) is 0 Å². The molecule has 0 aliphatic heterocycles. The number of nitriles is 1.